The zero-order valence-electron chi connectivity index (χ0n) is 14.5. The lowest BCUT2D eigenvalue weighted by Gasteiger charge is -2.17. The first-order valence-electron chi connectivity index (χ1n) is 8.51. The van der Waals surface area contributed by atoms with Gasteiger partial charge in [0.15, 0.2) is 0 Å². The number of alkyl halides is 2. The molecule has 2 atom stereocenters. The molecule has 1 aliphatic heterocycles. The lowest BCUT2D eigenvalue weighted by atomic mass is 9.89. The first-order chi connectivity index (χ1) is 12.8. The van der Waals surface area contributed by atoms with Crippen LogP contribution in [0.3, 0.4) is 0 Å². The number of carbonyl (C=O) groups excluding carboxylic acids is 1. The van der Waals surface area contributed by atoms with Crippen LogP contribution in [0, 0.1) is 5.92 Å². The van der Waals surface area contributed by atoms with Gasteiger partial charge in [-0.2, -0.15) is 8.78 Å². The fourth-order valence-electron chi connectivity index (χ4n) is 3.43. The SMILES string of the molecule is NC[C@@H]1CN(C(=O)c2ccc(S(=O)(=O)C(F)F)cc2)C[C@H]1c1ccccc1. The molecule has 1 saturated heterocycles. The van der Waals surface area contributed by atoms with E-state index < -0.39 is 20.5 Å². The van der Waals surface area contributed by atoms with Crippen molar-refractivity contribution in [2.75, 3.05) is 19.6 Å². The minimum Gasteiger partial charge on any atom is -0.338 e. The molecule has 0 bridgehead atoms. The van der Waals surface area contributed by atoms with Gasteiger partial charge in [0.05, 0.1) is 4.90 Å². The van der Waals surface area contributed by atoms with Gasteiger partial charge < -0.3 is 10.6 Å². The summed E-state index contributed by atoms with van der Waals surface area (Å²) in [6.07, 6.45) is 0. The van der Waals surface area contributed by atoms with E-state index in [-0.39, 0.29) is 23.3 Å². The highest BCUT2D eigenvalue weighted by Gasteiger charge is 2.35. The number of likely N-dealkylation sites (tertiary alicyclic amines) is 1. The van der Waals surface area contributed by atoms with Crippen LogP contribution in [0.2, 0.25) is 0 Å². The first kappa shape index (κ1) is 19.4. The van der Waals surface area contributed by atoms with Crippen molar-refractivity contribution in [1.82, 2.24) is 4.90 Å². The second-order valence-corrected chi connectivity index (χ2v) is 8.47. The highest BCUT2D eigenvalue weighted by atomic mass is 32.2. The molecule has 0 radical (unpaired) electrons. The van der Waals surface area contributed by atoms with Gasteiger partial charge in [-0.3, -0.25) is 4.79 Å². The van der Waals surface area contributed by atoms with Gasteiger partial charge in [-0.05, 0) is 42.3 Å². The number of amides is 1. The molecular weight excluding hydrogens is 374 g/mol. The van der Waals surface area contributed by atoms with Gasteiger partial charge in [0.1, 0.15) is 0 Å². The molecule has 8 heteroatoms. The van der Waals surface area contributed by atoms with E-state index in [1.165, 1.54) is 12.1 Å². The number of halogens is 2. The molecule has 0 spiro atoms. The molecule has 1 aliphatic rings. The summed E-state index contributed by atoms with van der Waals surface area (Å²) in [5.41, 5.74) is 7.25. The maximum atomic E-state index is 12.8. The molecule has 0 unspecified atom stereocenters. The van der Waals surface area contributed by atoms with Crippen molar-refractivity contribution in [3.8, 4) is 0 Å². The van der Waals surface area contributed by atoms with Crippen molar-refractivity contribution in [3.63, 3.8) is 0 Å². The summed E-state index contributed by atoms with van der Waals surface area (Å²) >= 11 is 0. The van der Waals surface area contributed by atoms with E-state index in [2.05, 4.69) is 0 Å². The molecule has 2 N–H and O–H groups in total. The van der Waals surface area contributed by atoms with Crippen LogP contribution in [0.1, 0.15) is 21.8 Å². The molecule has 0 aliphatic carbocycles. The minimum absolute atomic E-state index is 0.120. The van der Waals surface area contributed by atoms with Crippen LogP contribution in [-0.4, -0.2) is 44.6 Å². The molecule has 5 nitrogen and oxygen atoms in total. The summed E-state index contributed by atoms with van der Waals surface area (Å²) in [5, 5.41) is 0. The molecule has 2 aromatic carbocycles. The van der Waals surface area contributed by atoms with Crippen molar-refractivity contribution in [1.29, 1.82) is 0 Å². The van der Waals surface area contributed by atoms with Crippen LogP contribution in [-0.2, 0) is 9.84 Å². The van der Waals surface area contributed by atoms with Gasteiger partial charge in [-0.15, -0.1) is 0 Å². The Labute approximate surface area is 156 Å². The Morgan fingerprint density at radius 2 is 1.70 bits per heavy atom. The third-order valence-corrected chi connectivity index (χ3v) is 6.32. The summed E-state index contributed by atoms with van der Waals surface area (Å²) in [6, 6.07) is 14.4. The maximum Gasteiger partial charge on any atom is 0.341 e. The summed E-state index contributed by atoms with van der Waals surface area (Å²) in [4.78, 5) is 13.9. The molecule has 2 aromatic rings. The summed E-state index contributed by atoms with van der Waals surface area (Å²) in [7, 11) is -4.67. The van der Waals surface area contributed by atoms with E-state index >= 15 is 0 Å². The Hall–Kier alpha value is -2.32. The maximum absolute atomic E-state index is 12.8. The molecular formula is C19H20F2N2O3S. The van der Waals surface area contributed by atoms with Crippen LogP contribution in [0.5, 0.6) is 0 Å². The zero-order chi connectivity index (χ0) is 19.6. The van der Waals surface area contributed by atoms with Crippen molar-refractivity contribution < 1.29 is 22.0 Å². The Bertz CT molecular complexity index is 902. The summed E-state index contributed by atoms with van der Waals surface area (Å²) in [5.74, 6) is -3.52. The molecule has 144 valence electrons. The number of rotatable bonds is 5. The fourth-order valence-corrected chi connectivity index (χ4v) is 4.15. The van der Waals surface area contributed by atoms with E-state index in [1.54, 1.807) is 4.90 Å². The highest BCUT2D eigenvalue weighted by molar-refractivity contribution is 7.91. The van der Waals surface area contributed by atoms with Crippen molar-refractivity contribution >= 4 is 15.7 Å². The zero-order valence-corrected chi connectivity index (χ0v) is 15.3. The number of carbonyl (C=O) groups is 1. The fraction of sp³-hybridized carbons (Fsp3) is 0.316. The van der Waals surface area contributed by atoms with Gasteiger partial charge >= 0.3 is 5.76 Å². The summed E-state index contributed by atoms with van der Waals surface area (Å²) in [6.45, 7) is 1.43. The average Bonchev–Trinajstić information content (AvgIpc) is 3.12. The van der Waals surface area contributed by atoms with Crippen molar-refractivity contribution in [2.45, 2.75) is 16.6 Å². The normalized spacial score (nSPS) is 20.2. The molecule has 27 heavy (non-hydrogen) atoms. The number of nitrogens with two attached hydrogens (primary N) is 1. The minimum atomic E-state index is -4.67. The standard InChI is InChI=1S/C19H20F2N2O3S/c20-19(21)27(25,26)16-8-6-14(7-9-16)18(24)23-11-15(10-22)17(12-23)13-4-2-1-3-5-13/h1-9,15,17,19H,10-12,22H2/t15-,17+/m1/s1. The van der Waals surface area contributed by atoms with Crippen molar-refractivity contribution in [3.05, 3.63) is 65.7 Å². The molecule has 0 saturated carbocycles. The highest BCUT2D eigenvalue weighted by Crippen LogP contribution is 2.33. The Balaban J connectivity index is 1.78. The topological polar surface area (TPSA) is 80.5 Å². The number of nitrogens with zero attached hydrogens (tertiary/aromatic N) is 1. The second kappa shape index (κ2) is 7.74. The predicted octanol–water partition coefficient (Wildman–Crippen LogP) is 2.50. The number of benzene rings is 2. The lowest BCUT2D eigenvalue weighted by Crippen LogP contribution is -2.29. The predicted molar refractivity (Wildman–Crippen MR) is 97.3 cm³/mol. The summed E-state index contributed by atoms with van der Waals surface area (Å²) < 4.78 is 48.2. The molecule has 1 fully saturated rings. The molecule has 0 aromatic heterocycles. The van der Waals surface area contributed by atoms with E-state index in [9.17, 15) is 22.0 Å². The van der Waals surface area contributed by atoms with E-state index in [1.807, 2.05) is 30.3 Å². The monoisotopic (exact) mass is 394 g/mol. The van der Waals surface area contributed by atoms with Crippen LogP contribution in [0.15, 0.2) is 59.5 Å². The van der Waals surface area contributed by atoms with Gasteiger partial charge in [0, 0.05) is 24.6 Å². The van der Waals surface area contributed by atoms with Crippen LogP contribution < -0.4 is 5.73 Å². The number of hydrogen-bond acceptors (Lipinski definition) is 4. The van der Waals surface area contributed by atoms with E-state index in [0.29, 0.717) is 19.6 Å². The smallest absolute Gasteiger partial charge is 0.338 e. The third-order valence-electron chi connectivity index (χ3n) is 4.92. The van der Waals surface area contributed by atoms with Gasteiger partial charge in [0.25, 0.3) is 5.91 Å². The van der Waals surface area contributed by atoms with Gasteiger partial charge in [0.2, 0.25) is 9.84 Å². The average molecular weight is 394 g/mol. The largest absolute Gasteiger partial charge is 0.341 e. The third kappa shape index (κ3) is 3.86. The van der Waals surface area contributed by atoms with Crippen LogP contribution in [0.4, 0.5) is 8.78 Å². The Morgan fingerprint density at radius 3 is 2.26 bits per heavy atom. The van der Waals surface area contributed by atoms with Gasteiger partial charge in [-0.25, -0.2) is 8.42 Å². The van der Waals surface area contributed by atoms with Gasteiger partial charge in [-0.1, -0.05) is 30.3 Å². The Morgan fingerprint density at radius 1 is 1.07 bits per heavy atom. The first-order valence-corrected chi connectivity index (χ1v) is 10.1. The van der Waals surface area contributed by atoms with Crippen LogP contribution >= 0.6 is 0 Å². The lowest BCUT2D eigenvalue weighted by molar-refractivity contribution is 0.0786. The van der Waals surface area contributed by atoms with E-state index in [4.69, 9.17) is 5.73 Å². The van der Waals surface area contributed by atoms with E-state index in [0.717, 1.165) is 17.7 Å². The van der Waals surface area contributed by atoms with Crippen molar-refractivity contribution in [2.24, 2.45) is 11.7 Å². The molecule has 1 amide bonds. The number of sulfone groups is 1. The Kier molecular flexibility index (Phi) is 5.57. The number of hydrogen-bond donors (Lipinski definition) is 1. The van der Waals surface area contributed by atoms with Crippen LogP contribution in [0.25, 0.3) is 0 Å². The second-order valence-electron chi connectivity index (χ2n) is 6.55. The molecule has 1 heterocycles. The molecule has 3 rings (SSSR count). The quantitative estimate of drug-likeness (QED) is 0.845.